The van der Waals surface area contributed by atoms with Crippen molar-refractivity contribution >= 4 is 21.9 Å². The Labute approximate surface area is 175 Å². The van der Waals surface area contributed by atoms with E-state index in [-0.39, 0.29) is 33.4 Å². The number of hydrogen-bond acceptors (Lipinski definition) is 10. The highest BCUT2D eigenvalue weighted by molar-refractivity contribution is 5.95. The van der Waals surface area contributed by atoms with E-state index in [1.165, 1.54) is 25.3 Å². The van der Waals surface area contributed by atoms with Crippen LogP contribution < -0.4 is 10.2 Å². The molecule has 0 radical (unpaired) electrons. The number of phenolic OH excluding ortho intramolecular Hbond substituents is 2. The van der Waals surface area contributed by atoms with Crippen molar-refractivity contribution in [2.24, 2.45) is 0 Å². The Bertz CT molecular complexity index is 1180. The van der Waals surface area contributed by atoms with Crippen molar-refractivity contribution in [2.75, 3.05) is 13.7 Å². The Morgan fingerprint density at radius 2 is 1.74 bits per heavy atom. The maximum absolute atomic E-state index is 12.9. The molecule has 1 saturated heterocycles. The summed E-state index contributed by atoms with van der Waals surface area (Å²) in [6, 6.07) is 5.17. The maximum atomic E-state index is 12.9. The van der Waals surface area contributed by atoms with E-state index < -0.39 is 48.5 Å². The molecule has 0 saturated carbocycles. The highest BCUT2D eigenvalue weighted by Crippen LogP contribution is 2.33. The zero-order valence-electron chi connectivity index (χ0n) is 16.7. The Balaban J connectivity index is 1.75. The van der Waals surface area contributed by atoms with Crippen molar-refractivity contribution in [1.29, 1.82) is 0 Å². The van der Waals surface area contributed by atoms with Gasteiger partial charge in [-0.05, 0) is 18.6 Å². The van der Waals surface area contributed by atoms with Gasteiger partial charge in [-0.15, -0.1) is 0 Å². The van der Waals surface area contributed by atoms with Crippen LogP contribution in [0, 0.1) is 6.92 Å². The van der Waals surface area contributed by atoms with Gasteiger partial charge in [0.15, 0.2) is 0 Å². The molecule has 2 heterocycles. The second-order valence-corrected chi connectivity index (χ2v) is 7.41. The topological polar surface area (TPSA) is 159 Å². The van der Waals surface area contributed by atoms with Crippen LogP contribution in [0.15, 0.2) is 33.5 Å². The number of ether oxygens (including phenoxy) is 3. The zero-order chi connectivity index (χ0) is 22.4. The maximum Gasteiger partial charge on any atom is 0.229 e. The molecule has 5 unspecified atom stereocenters. The Hall–Kier alpha value is -2.89. The van der Waals surface area contributed by atoms with Crippen molar-refractivity contribution in [3.63, 3.8) is 0 Å². The average molecular weight is 434 g/mol. The third-order valence-electron chi connectivity index (χ3n) is 5.36. The fourth-order valence-electron chi connectivity index (χ4n) is 3.88. The minimum atomic E-state index is -1.47. The lowest BCUT2D eigenvalue weighted by atomic mass is 9.99. The second kappa shape index (κ2) is 7.98. The quantitative estimate of drug-likeness (QED) is 0.366. The predicted molar refractivity (Wildman–Crippen MR) is 107 cm³/mol. The van der Waals surface area contributed by atoms with Gasteiger partial charge in [-0.2, -0.15) is 0 Å². The van der Waals surface area contributed by atoms with Crippen molar-refractivity contribution in [3.05, 3.63) is 40.1 Å². The molecule has 4 rings (SSSR count). The molecule has 10 heteroatoms. The van der Waals surface area contributed by atoms with Crippen LogP contribution in [0.3, 0.4) is 0 Å². The van der Waals surface area contributed by atoms with Gasteiger partial charge in [-0.1, -0.05) is 0 Å². The molecule has 166 valence electrons. The first-order chi connectivity index (χ1) is 14.7. The number of aliphatic hydroxyl groups excluding tert-OH is 3. The van der Waals surface area contributed by atoms with Crippen LogP contribution in [0.4, 0.5) is 0 Å². The molecule has 1 aliphatic heterocycles. The third-order valence-corrected chi connectivity index (χ3v) is 5.36. The Kier molecular flexibility index (Phi) is 5.50. The molecular formula is C21H22O10. The molecule has 31 heavy (non-hydrogen) atoms. The zero-order valence-corrected chi connectivity index (χ0v) is 16.7. The molecule has 5 N–H and O–H groups in total. The fourth-order valence-corrected chi connectivity index (χ4v) is 3.88. The van der Waals surface area contributed by atoms with Crippen LogP contribution in [-0.2, 0) is 9.47 Å². The number of aryl methyl sites for hydroxylation is 1. The summed E-state index contributed by atoms with van der Waals surface area (Å²) < 4.78 is 22.0. The highest BCUT2D eigenvalue weighted by Gasteiger charge is 2.45. The van der Waals surface area contributed by atoms with Crippen molar-refractivity contribution in [1.82, 2.24) is 0 Å². The lowest BCUT2D eigenvalue weighted by molar-refractivity contribution is -0.281. The fraction of sp³-hybridized carbons (Fsp3) is 0.381. The monoisotopic (exact) mass is 434 g/mol. The first-order valence-electron chi connectivity index (χ1n) is 9.50. The van der Waals surface area contributed by atoms with E-state index in [9.17, 15) is 30.3 Å². The Morgan fingerprint density at radius 1 is 1.03 bits per heavy atom. The molecule has 0 bridgehead atoms. The standard InChI is InChI=1S/C21H22O10/c1-8-3-10(29-21-19(27)18(26)20(28-2)14(7-22)31-21)6-13-15(8)17(25)16-11(24)4-9(23)5-12(16)30-13/h3-6,14,18-24,26-27H,7H2,1-2H3. The lowest BCUT2D eigenvalue weighted by Crippen LogP contribution is -2.60. The number of rotatable bonds is 4. The molecule has 1 aliphatic rings. The molecular weight excluding hydrogens is 412 g/mol. The van der Waals surface area contributed by atoms with Gasteiger partial charge >= 0.3 is 0 Å². The largest absolute Gasteiger partial charge is 0.508 e. The van der Waals surface area contributed by atoms with E-state index in [2.05, 4.69) is 0 Å². The van der Waals surface area contributed by atoms with Crippen molar-refractivity contribution in [3.8, 4) is 17.2 Å². The number of methoxy groups -OCH3 is 1. The first-order valence-corrected chi connectivity index (χ1v) is 9.50. The highest BCUT2D eigenvalue weighted by atomic mass is 16.7. The van der Waals surface area contributed by atoms with Gasteiger partial charge in [-0.25, -0.2) is 0 Å². The summed E-state index contributed by atoms with van der Waals surface area (Å²) >= 11 is 0. The van der Waals surface area contributed by atoms with E-state index in [1.807, 2.05) is 0 Å². The number of benzene rings is 2. The minimum Gasteiger partial charge on any atom is -0.508 e. The summed E-state index contributed by atoms with van der Waals surface area (Å²) in [5.41, 5.74) is 0.0939. The number of hydrogen-bond donors (Lipinski definition) is 5. The number of phenols is 2. The van der Waals surface area contributed by atoms with Gasteiger partial charge in [0.2, 0.25) is 11.7 Å². The number of aliphatic hydroxyl groups is 3. The minimum absolute atomic E-state index is 0.0146. The Morgan fingerprint density at radius 3 is 2.42 bits per heavy atom. The summed E-state index contributed by atoms with van der Waals surface area (Å²) in [5, 5.41) is 50.0. The van der Waals surface area contributed by atoms with Gasteiger partial charge in [0, 0.05) is 25.3 Å². The molecule has 1 fully saturated rings. The van der Waals surface area contributed by atoms with Crippen molar-refractivity contribution < 1.29 is 44.2 Å². The smallest absolute Gasteiger partial charge is 0.229 e. The second-order valence-electron chi connectivity index (χ2n) is 7.41. The summed E-state index contributed by atoms with van der Waals surface area (Å²) in [6.07, 6.45) is -6.03. The summed E-state index contributed by atoms with van der Waals surface area (Å²) in [4.78, 5) is 12.9. The van der Waals surface area contributed by atoms with Crippen LogP contribution in [0.1, 0.15) is 5.56 Å². The summed E-state index contributed by atoms with van der Waals surface area (Å²) in [6.45, 7) is 1.17. The van der Waals surface area contributed by atoms with E-state index in [4.69, 9.17) is 18.6 Å². The van der Waals surface area contributed by atoms with Gasteiger partial charge in [0.1, 0.15) is 58.2 Å². The molecule has 1 aromatic heterocycles. The molecule has 2 aromatic carbocycles. The molecule has 0 aliphatic carbocycles. The summed E-state index contributed by atoms with van der Waals surface area (Å²) in [7, 11) is 1.32. The van der Waals surface area contributed by atoms with Crippen LogP contribution in [0.5, 0.6) is 17.2 Å². The lowest BCUT2D eigenvalue weighted by Gasteiger charge is -2.41. The van der Waals surface area contributed by atoms with Gasteiger partial charge in [0.25, 0.3) is 0 Å². The van der Waals surface area contributed by atoms with E-state index >= 15 is 0 Å². The van der Waals surface area contributed by atoms with Crippen molar-refractivity contribution in [2.45, 2.75) is 37.6 Å². The van der Waals surface area contributed by atoms with E-state index in [0.29, 0.717) is 5.56 Å². The molecule has 10 nitrogen and oxygen atoms in total. The normalized spacial score (nSPS) is 26.4. The number of fused-ring (bicyclic) bond motifs is 2. The molecule has 0 amide bonds. The van der Waals surface area contributed by atoms with E-state index in [0.717, 1.165) is 6.07 Å². The third kappa shape index (κ3) is 3.58. The summed E-state index contributed by atoms with van der Waals surface area (Å²) in [5.74, 6) is -0.506. The van der Waals surface area contributed by atoms with Gasteiger partial charge in [-0.3, -0.25) is 4.79 Å². The molecule has 5 atom stereocenters. The molecule has 0 spiro atoms. The average Bonchev–Trinajstić information content (AvgIpc) is 2.70. The first kappa shape index (κ1) is 21.3. The van der Waals surface area contributed by atoms with E-state index in [1.54, 1.807) is 6.92 Å². The van der Waals surface area contributed by atoms with Crippen LogP contribution in [0.2, 0.25) is 0 Å². The van der Waals surface area contributed by atoms with Crippen LogP contribution in [0.25, 0.3) is 21.9 Å². The number of aromatic hydroxyl groups is 2. The van der Waals surface area contributed by atoms with Crippen LogP contribution in [-0.4, -0.2) is 70.0 Å². The predicted octanol–water partition coefficient (Wildman–Crippen LogP) is 0.499. The SMILES string of the molecule is COC1C(CO)OC(Oc2cc(C)c3c(=O)c4c(O)cc(O)cc4oc3c2)C(O)C1O. The van der Waals surface area contributed by atoms with Crippen LogP contribution >= 0.6 is 0 Å². The molecule has 3 aromatic rings. The van der Waals surface area contributed by atoms with Gasteiger partial charge in [0.05, 0.1) is 12.0 Å². The van der Waals surface area contributed by atoms with Gasteiger partial charge < -0.3 is 44.2 Å².